The molecule has 0 aliphatic heterocycles. The van der Waals surface area contributed by atoms with Gasteiger partial charge in [-0.25, -0.2) is 0 Å². The van der Waals surface area contributed by atoms with E-state index >= 15 is 14.4 Å². The van der Waals surface area contributed by atoms with Gasteiger partial charge in [-0.3, -0.25) is 38.4 Å². The van der Waals surface area contributed by atoms with E-state index in [1.165, 1.54) is 63.8 Å². The van der Waals surface area contributed by atoms with E-state index in [0.29, 0.717) is 115 Å². The number of aliphatic carboxylic acids is 3. The van der Waals surface area contributed by atoms with E-state index in [9.17, 15) is 39.3 Å². The van der Waals surface area contributed by atoms with Crippen molar-refractivity contribution in [2.75, 3.05) is 56.9 Å². The first-order chi connectivity index (χ1) is 50.8. The van der Waals surface area contributed by atoms with Crippen molar-refractivity contribution in [3.8, 4) is 96.3 Å². The Morgan fingerprint density at radius 2 is 0.736 bits per heavy atom. The number of carbonyl (C=O) groups excluding carboxylic acids is 5. The maximum absolute atomic E-state index is 16.8. The van der Waals surface area contributed by atoms with Crippen LogP contribution in [0.3, 0.4) is 0 Å². The average molecular weight is 1440 g/mol. The number of hydrogen-bond acceptors (Lipinski definition) is 17. The summed E-state index contributed by atoms with van der Waals surface area (Å²) in [6.45, 7) is 6.26. The number of hydrogen-bond donors (Lipinski definition) is 3. The molecule has 8 aromatic carbocycles. The van der Waals surface area contributed by atoms with E-state index in [4.69, 9.17) is 42.6 Å². The Hall–Kier alpha value is -11.3. The van der Waals surface area contributed by atoms with Crippen LogP contribution in [0.2, 0.25) is 0 Å². The Labute approximate surface area is 614 Å². The highest BCUT2D eigenvalue weighted by molar-refractivity contribution is 6.06. The first-order valence-electron chi connectivity index (χ1n) is 35.4. The van der Waals surface area contributed by atoms with Crippen LogP contribution in [-0.2, 0) is 50.3 Å². The minimum atomic E-state index is -2.37. The van der Waals surface area contributed by atoms with Crippen molar-refractivity contribution in [1.29, 1.82) is 0 Å². The molecular formula is C86H86O20. The molecule has 8 aromatic rings. The first-order valence-corrected chi connectivity index (χ1v) is 35.4. The van der Waals surface area contributed by atoms with Gasteiger partial charge < -0.3 is 58.0 Å². The highest BCUT2D eigenvalue weighted by Gasteiger charge is 2.54. The lowest BCUT2D eigenvalue weighted by Crippen LogP contribution is -2.44. The third kappa shape index (κ3) is 12.7. The fourth-order valence-corrected chi connectivity index (χ4v) is 17.2. The number of carboxylic acids is 3. The first kappa shape index (κ1) is 74.4. The van der Waals surface area contributed by atoms with E-state index in [0.717, 1.165) is 0 Å². The second kappa shape index (κ2) is 29.7. The van der Waals surface area contributed by atoms with Crippen LogP contribution >= 0.6 is 0 Å². The normalized spacial score (nSPS) is 15.6. The quantitative estimate of drug-likeness (QED) is 0.0290. The van der Waals surface area contributed by atoms with Crippen molar-refractivity contribution in [3.05, 3.63) is 183 Å². The fraction of sp³-hybridized carbons (Fsp3) is 0.349. The molecule has 5 atom stereocenters. The fourth-order valence-electron chi connectivity index (χ4n) is 17.2. The van der Waals surface area contributed by atoms with Gasteiger partial charge in [0, 0.05) is 76.1 Å². The van der Waals surface area contributed by atoms with Crippen LogP contribution in [-0.4, -0.2) is 119 Å². The molecule has 12 rings (SSSR count). The molecular weight excluding hydrogens is 1350 g/mol. The van der Waals surface area contributed by atoms with Gasteiger partial charge in [0.05, 0.1) is 79.0 Å². The molecule has 0 amide bonds. The molecule has 0 heterocycles. The van der Waals surface area contributed by atoms with Gasteiger partial charge in [-0.05, 0) is 170 Å². The highest BCUT2D eigenvalue weighted by Crippen LogP contribution is 2.60. The number of Topliss-reactive ketones (excluding diaryl/α,β-unsaturated/α-hetero) is 4. The summed E-state index contributed by atoms with van der Waals surface area (Å²) in [5.74, 6) is -9.48. The zero-order valence-corrected chi connectivity index (χ0v) is 61.5. The molecule has 0 bridgehead atoms. The standard InChI is InChI=1S/C86H86O20/c1-45(71(80(91)92)73-59(30-38-68(99-6)77(73)103-10)47-18-14-22-55-51(47)26-34-64(55)88)43-86(82(95)96,42-41-85(4,81(93)94)74-60(31-39-69(100-7)78(74)104-11)48-19-15-23-56-52(48)27-35-65(56)89)44-62(72-58(29-37-67(98-5)76(72)102-9)46-17-13-21-54-50(46)25-33-63(54)87)84(2,3)83(97)106-75-61(32-40-70(101-8)79(75)105-12)49-20-16-24-57-53(49)28-36-66(57)90/h13-24,29-32,37-40,45,62,71H,25-28,33-36,41-44H2,1-12H3,(H,91,92)(H,93,94)(H,95,96). The minimum absolute atomic E-state index is 0.00645. The van der Waals surface area contributed by atoms with Crippen LogP contribution in [0, 0.1) is 16.7 Å². The number of fused-ring (bicyclic) bond motifs is 4. The largest absolute Gasteiger partial charge is 0.493 e. The van der Waals surface area contributed by atoms with Gasteiger partial charge in [0.15, 0.2) is 69.1 Å². The molecule has 106 heavy (non-hydrogen) atoms. The Bertz CT molecular complexity index is 4940. The smallest absolute Gasteiger partial charge is 0.317 e. The van der Waals surface area contributed by atoms with Gasteiger partial charge in [-0.2, -0.15) is 0 Å². The predicted molar refractivity (Wildman–Crippen MR) is 396 cm³/mol. The Morgan fingerprint density at radius 1 is 0.377 bits per heavy atom. The average Bonchev–Trinajstić information content (AvgIpc) is 1.09. The van der Waals surface area contributed by atoms with Gasteiger partial charge >= 0.3 is 23.9 Å². The van der Waals surface area contributed by atoms with E-state index in [-0.39, 0.29) is 117 Å². The molecule has 4 aliphatic carbocycles. The monoisotopic (exact) mass is 1440 g/mol. The van der Waals surface area contributed by atoms with Gasteiger partial charge in [0.25, 0.3) is 0 Å². The second-order valence-corrected chi connectivity index (χ2v) is 28.5. The molecule has 0 fully saturated rings. The van der Waals surface area contributed by atoms with Crippen molar-refractivity contribution in [1.82, 2.24) is 0 Å². The molecule has 20 nitrogen and oxygen atoms in total. The minimum Gasteiger partial charge on any atom is -0.493 e. The summed E-state index contributed by atoms with van der Waals surface area (Å²) in [7, 11) is 11.2. The molecule has 0 radical (unpaired) electrons. The third-order valence-corrected chi connectivity index (χ3v) is 22.7. The Kier molecular flexibility index (Phi) is 20.9. The number of carboxylic acid groups (broad SMARTS) is 3. The summed E-state index contributed by atoms with van der Waals surface area (Å²) in [4.78, 5) is 117. The van der Waals surface area contributed by atoms with Crippen LogP contribution < -0.4 is 42.6 Å². The molecule has 0 saturated carbocycles. The number of esters is 1. The summed E-state index contributed by atoms with van der Waals surface area (Å²) in [6.07, 6.45) is -0.112. The van der Waals surface area contributed by atoms with Crippen LogP contribution in [0.15, 0.2) is 121 Å². The number of benzene rings is 8. The Balaban J connectivity index is 1.14. The molecule has 0 saturated heterocycles. The van der Waals surface area contributed by atoms with Crippen molar-refractivity contribution >= 4 is 47.0 Å². The second-order valence-electron chi connectivity index (χ2n) is 28.5. The van der Waals surface area contributed by atoms with Crippen molar-refractivity contribution in [3.63, 3.8) is 0 Å². The molecule has 20 heteroatoms. The molecule has 5 unspecified atom stereocenters. The van der Waals surface area contributed by atoms with Gasteiger partial charge in [0.1, 0.15) is 0 Å². The van der Waals surface area contributed by atoms with E-state index in [1.807, 2.05) is 12.1 Å². The van der Waals surface area contributed by atoms with Crippen molar-refractivity contribution in [2.24, 2.45) is 16.7 Å². The number of methoxy groups -OCH3 is 8. The van der Waals surface area contributed by atoms with Crippen LogP contribution in [0.4, 0.5) is 0 Å². The SMILES string of the molecule is COc1ccc(-c2cccc3c2CCC3=O)c(OC(=O)C(C)(C)C(CC(CCC(C)(C(=O)O)c2c(-c3cccc4c3CCC4=O)ccc(OC)c2OC)(CC(C)C(C(=O)O)c2c(-c3cccc4c3CCC4=O)ccc(OC)c2OC)C(=O)O)c2c(-c3cccc4c3CCC4=O)ccc(OC)c2OC)c1OC. The molecule has 4 aliphatic rings. The lowest BCUT2D eigenvalue weighted by Gasteiger charge is -2.43. The van der Waals surface area contributed by atoms with E-state index in [1.54, 1.807) is 130 Å². The van der Waals surface area contributed by atoms with Crippen LogP contribution in [0.5, 0.6) is 51.7 Å². The van der Waals surface area contributed by atoms with Crippen molar-refractivity contribution in [2.45, 2.75) is 122 Å². The summed E-state index contributed by atoms with van der Waals surface area (Å²) >= 11 is 0. The number of ether oxygens (including phenoxy) is 9. The maximum Gasteiger partial charge on any atom is 0.317 e. The van der Waals surface area contributed by atoms with Gasteiger partial charge in [0.2, 0.25) is 5.75 Å². The maximum atomic E-state index is 16.8. The number of ketones is 4. The summed E-state index contributed by atoms with van der Waals surface area (Å²) in [5.41, 5.74) is 2.22. The van der Waals surface area contributed by atoms with Crippen LogP contribution in [0.25, 0.3) is 44.5 Å². The zero-order valence-electron chi connectivity index (χ0n) is 61.5. The molecule has 3 N–H and O–H groups in total. The van der Waals surface area contributed by atoms with Gasteiger partial charge in [-0.15, -0.1) is 0 Å². The van der Waals surface area contributed by atoms with Crippen molar-refractivity contribution < 1.29 is 96.3 Å². The zero-order chi connectivity index (χ0) is 76.0. The highest BCUT2D eigenvalue weighted by atomic mass is 16.6. The molecule has 550 valence electrons. The van der Waals surface area contributed by atoms with E-state index < -0.39 is 83.6 Å². The topological polar surface area (TPSA) is 280 Å². The summed E-state index contributed by atoms with van der Waals surface area (Å²) in [5, 5.41) is 37.6. The third-order valence-electron chi connectivity index (χ3n) is 22.7. The number of rotatable bonds is 29. The summed E-state index contributed by atoms with van der Waals surface area (Å²) in [6, 6.07) is 34.5. The molecule has 0 spiro atoms. The molecule has 0 aromatic heterocycles. The van der Waals surface area contributed by atoms with Crippen LogP contribution in [0.1, 0.15) is 171 Å². The predicted octanol–water partition coefficient (Wildman–Crippen LogP) is 15.8. The van der Waals surface area contributed by atoms with E-state index in [2.05, 4.69) is 0 Å². The Morgan fingerprint density at radius 3 is 1.13 bits per heavy atom. The number of carbonyl (C=O) groups is 8. The summed E-state index contributed by atoms with van der Waals surface area (Å²) < 4.78 is 55.7. The lowest BCUT2D eigenvalue weighted by atomic mass is 9.59. The lowest BCUT2D eigenvalue weighted by molar-refractivity contribution is -0.157. The van der Waals surface area contributed by atoms with Gasteiger partial charge in [-0.1, -0.05) is 97.9 Å².